The van der Waals surface area contributed by atoms with E-state index in [1.807, 2.05) is 24.3 Å². The van der Waals surface area contributed by atoms with Crippen molar-refractivity contribution in [2.24, 2.45) is 0 Å². The predicted molar refractivity (Wildman–Crippen MR) is 181 cm³/mol. The number of para-hydroxylation sites is 1. The number of carboxylic acids is 1. The van der Waals surface area contributed by atoms with E-state index in [-0.39, 0.29) is 11.8 Å². The molecule has 0 atom stereocenters. The van der Waals surface area contributed by atoms with Gasteiger partial charge in [0.15, 0.2) is 11.5 Å². The highest BCUT2D eigenvalue weighted by Crippen LogP contribution is 2.49. The number of nitrogens with one attached hydrogen (secondary N) is 2. The zero-order valence-electron chi connectivity index (χ0n) is 26.5. The van der Waals surface area contributed by atoms with Gasteiger partial charge in [-0.2, -0.15) is 0 Å². The van der Waals surface area contributed by atoms with Gasteiger partial charge in [0, 0.05) is 33.8 Å². The smallest absolute Gasteiger partial charge is 0.328 e. The third-order valence-corrected chi connectivity index (χ3v) is 9.98. The summed E-state index contributed by atoms with van der Waals surface area (Å²) in [6, 6.07) is 18.9. The molecule has 1 aliphatic heterocycles. The molecule has 3 N–H and O–H groups in total. The molecule has 4 aromatic rings. The average molecular weight is 634 g/mol. The first-order valence-corrected chi connectivity index (χ1v) is 16.5. The van der Waals surface area contributed by atoms with Crippen LogP contribution in [0.2, 0.25) is 0 Å². The quantitative estimate of drug-likeness (QED) is 0.178. The molecule has 2 saturated carbocycles. The number of ether oxygens (including phenoxy) is 2. The number of aromatic nitrogens is 1. The third-order valence-electron chi connectivity index (χ3n) is 9.98. The van der Waals surface area contributed by atoms with Crippen molar-refractivity contribution in [3.05, 3.63) is 83.4 Å². The molecule has 9 nitrogen and oxygen atoms in total. The summed E-state index contributed by atoms with van der Waals surface area (Å²) >= 11 is 0. The fourth-order valence-electron chi connectivity index (χ4n) is 7.42. The molecule has 3 aromatic carbocycles. The van der Waals surface area contributed by atoms with Crippen LogP contribution in [-0.2, 0) is 16.1 Å². The molecule has 9 heteroatoms. The lowest BCUT2D eigenvalue weighted by Gasteiger charge is -2.40. The molecule has 2 heterocycles. The highest BCUT2D eigenvalue weighted by Gasteiger charge is 2.45. The number of hydrogen-bond acceptors (Lipinski definition) is 5. The zero-order valence-corrected chi connectivity index (χ0v) is 26.5. The Balaban J connectivity index is 1.20. The van der Waals surface area contributed by atoms with Crippen molar-refractivity contribution < 1.29 is 29.0 Å². The average Bonchev–Trinajstić information content (AvgIpc) is 3.26. The minimum atomic E-state index is -1.03. The Bertz CT molecular complexity index is 1880. The number of rotatable bonds is 8. The fourth-order valence-corrected chi connectivity index (χ4v) is 7.42. The second-order valence-electron chi connectivity index (χ2n) is 12.8. The number of amides is 2. The van der Waals surface area contributed by atoms with Crippen molar-refractivity contribution >= 4 is 40.4 Å². The van der Waals surface area contributed by atoms with E-state index in [2.05, 4.69) is 27.3 Å². The predicted octanol–water partition coefficient (Wildman–Crippen LogP) is 7.15. The van der Waals surface area contributed by atoms with Gasteiger partial charge >= 0.3 is 5.97 Å². The number of hydrogen-bond donors (Lipinski definition) is 3. The molecular formula is C38H39N3O6. The molecule has 2 aliphatic carbocycles. The van der Waals surface area contributed by atoms with Gasteiger partial charge in [0.25, 0.3) is 5.91 Å². The molecule has 0 radical (unpaired) electrons. The van der Waals surface area contributed by atoms with Crippen molar-refractivity contribution in [3.63, 3.8) is 0 Å². The number of benzene rings is 3. The van der Waals surface area contributed by atoms with E-state index in [1.54, 1.807) is 31.4 Å². The van der Waals surface area contributed by atoms with Gasteiger partial charge in [0.05, 0.1) is 19.3 Å². The van der Waals surface area contributed by atoms with Gasteiger partial charge in [0.2, 0.25) is 5.91 Å². The van der Waals surface area contributed by atoms with Crippen LogP contribution in [0.25, 0.3) is 28.2 Å². The number of anilines is 1. The van der Waals surface area contributed by atoms with Crippen LogP contribution in [0.15, 0.2) is 66.7 Å². The van der Waals surface area contributed by atoms with Crippen molar-refractivity contribution in [3.8, 4) is 22.8 Å². The zero-order chi connectivity index (χ0) is 32.5. The Morgan fingerprint density at radius 3 is 2.49 bits per heavy atom. The maximum Gasteiger partial charge on any atom is 0.328 e. The number of aliphatic carboxylic acids is 1. The molecule has 1 aromatic heterocycles. The first-order valence-electron chi connectivity index (χ1n) is 16.5. The Labute approximate surface area is 273 Å². The van der Waals surface area contributed by atoms with Gasteiger partial charge in [-0.3, -0.25) is 9.59 Å². The molecule has 0 unspecified atom stereocenters. The minimum absolute atomic E-state index is 0.258. The first-order chi connectivity index (χ1) is 22.9. The lowest BCUT2D eigenvalue weighted by Crippen LogP contribution is -2.61. The highest BCUT2D eigenvalue weighted by molar-refractivity contribution is 6.06. The molecule has 0 bridgehead atoms. The van der Waals surface area contributed by atoms with Gasteiger partial charge < -0.3 is 29.8 Å². The van der Waals surface area contributed by atoms with Crippen LogP contribution in [0.3, 0.4) is 0 Å². The van der Waals surface area contributed by atoms with Crippen molar-refractivity contribution in [2.75, 3.05) is 19.0 Å². The van der Waals surface area contributed by atoms with E-state index in [4.69, 9.17) is 14.6 Å². The Hall–Kier alpha value is -5.05. The lowest BCUT2D eigenvalue weighted by molar-refractivity contribution is -0.131. The molecular weight excluding hydrogens is 594 g/mol. The SMILES string of the molecule is COc1cccc2c1OCCn1c-2c(C2CCCCC2)c2ccc(C(=O)NC3(C(=O)Nc4ccc(C=CC(=O)O)cc4)CCC3)cc21. The second kappa shape index (κ2) is 12.6. The van der Waals surface area contributed by atoms with Gasteiger partial charge in [-0.05, 0) is 91.6 Å². The number of fused-ring (bicyclic) bond motifs is 5. The Morgan fingerprint density at radius 1 is 1.00 bits per heavy atom. The third kappa shape index (κ3) is 5.75. The van der Waals surface area contributed by atoms with Crippen molar-refractivity contribution in [2.45, 2.75) is 69.4 Å². The molecule has 2 amide bonds. The summed E-state index contributed by atoms with van der Waals surface area (Å²) in [7, 11) is 1.67. The molecule has 47 heavy (non-hydrogen) atoms. The van der Waals surface area contributed by atoms with Gasteiger partial charge in [0.1, 0.15) is 12.1 Å². The van der Waals surface area contributed by atoms with Gasteiger partial charge in [-0.1, -0.05) is 43.5 Å². The van der Waals surface area contributed by atoms with E-state index in [0.29, 0.717) is 54.5 Å². The fraction of sp³-hybridized carbons (Fsp3) is 0.342. The summed E-state index contributed by atoms with van der Waals surface area (Å²) < 4.78 is 14.3. The van der Waals surface area contributed by atoms with Crippen LogP contribution < -0.4 is 20.1 Å². The maximum absolute atomic E-state index is 13.9. The van der Waals surface area contributed by atoms with Crippen LogP contribution in [-0.4, -0.2) is 46.7 Å². The topological polar surface area (TPSA) is 119 Å². The Kier molecular flexibility index (Phi) is 8.22. The molecule has 2 fully saturated rings. The first kappa shape index (κ1) is 30.6. The number of methoxy groups -OCH3 is 1. The summed E-state index contributed by atoms with van der Waals surface area (Å²) in [5.74, 6) is 0.329. The van der Waals surface area contributed by atoms with E-state index >= 15 is 0 Å². The van der Waals surface area contributed by atoms with Crippen molar-refractivity contribution in [1.82, 2.24) is 9.88 Å². The highest BCUT2D eigenvalue weighted by atomic mass is 16.5. The lowest BCUT2D eigenvalue weighted by atomic mass is 9.75. The number of carboxylic acid groups (broad SMARTS) is 1. The van der Waals surface area contributed by atoms with Crippen LogP contribution in [0.1, 0.15) is 78.8 Å². The van der Waals surface area contributed by atoms with Crippen LogP contribution >= 0.6 is 0 Å². The van der Waals surface area contributed by atoms with Gasteiger partial charge in [-0.15, -0.1) is 0 Å². The minimum Gasteiger partial charge on any atom is -0.493 e. The number of carbonyl (C=O) groups excluding carboxylic acids is 2. The van der Waals surface area contributed by atoms with Gasteiger partial charge in [-0.25, -0.2) is 4.79 Å². The summed E-state index contributed by atoms with van der Waals surface area (Å²) in [5, 5.41) is 16.1. The number of nitrogens with zero attached hydrogens (tertiary/aromatic N) is 1. The summed E-state index contributed by atoms with van der Waals surface area (Å²) in [6.07, 6.45) is 10.4. The second-order valence-corrected chi connectivity index (χ2v) is 12.8. The molecule has 0 saturated heterocycles. The standard InChI is InChI=1S/C38H39N3O6/c1-46-31-10-5-9-29-34-33(25-7-3-2-4-8-25)28-17-14-26(23-30(28)41(34)21-22-47-35(29)31)36(44)40-38(19-6-20-38)37(45)39-27-15-11-24(12-16-27)13-18-32(42)43/h5,9-18,23,25H,2-4,6-8,19-22H2,1H3,(H,39,45)(H,40,44)(H,42,43). The van der Waals surface area contributed by atoms with E-state index in [0.717, 1.165) is 53.2 Å². The largest absolute Gasteiger partial charge is 0.493 e. The Morgan fingerprint density at radius 2 is 1.79 bits per heavy atom. The molecule has 242 valence electrons. The van der Waals surface area contributed by atoms with Crippen LogP contribution in [0.4, 0.5) is 5.69 Å². The summed E-state index contributed by atoms with van der Waals surface area (Å²) in [6.45, 7) is 1.11. The maximum atomic E-state index is 13.9. The van der Waals surface area contributed by atoms with Crippen LogP contribution in [0, 0.1) is 0 Å². The normalized spacial score (nSPS) is 17.1. The number of carbonyl (C=O) groups is 3. The van der Waals surface area contributed by atoms with Crippen LogP contribution in [0.5, 0.6) is 11.5 Å². The van der Waals surface area contributed by atoms with E-state index < -0.39 is 11.5 Å². The van der Waals surface area contributed by atoms with Crippen molar-refractivity contribution in [1.29, 1.82) is 0 Å². The molecule has 7 rings (SSSR count). The van der Waals surface area contributed by atoms with E-state index in [1.165, 1.54) is 30.9 Å². The summed E-state index contributed by atoms with van der Waals surface area (Å²) in [4.78, 5) is 38.2. The van der Waals surface area contributed by atoms with E-state index in [9.17, 15) is 14.4 Å². The molecule has 0 spiro atoms. The molecule has 3 aliphatic rings. The monoisotopic (exact) mass is 633 g/mol. The summed E-state index contributed by atoms with van der Waals surface area (Å²) in [5.41, 5.74) is 5.28.